The number of hydrogen-bond acceptors (Lipinski definition) is 3. The molecule has 0 radical (unpaired) electrons. The van der Waals surface area contributed by atoms with E-state index in [0.717, 1.165) is 29.3 Å². The summed E-state index contributed by atoms with van der Waals surface area (Å²) in [4.78, 5) is 4.18. The summed E-state index contributed by atoms with van der Waals surface area (Å²) in [6, 6.07) is 23.1. The number of nitrogens with zero attached hydrogens (tertiary/aromatic N) is 1. The number of anilines is 1. The largest absolute Gasteiger partial charge is 0.457 e. The first-order valence-corrected chi connectivity index (χ1v) is 9.29. The molecule has 5 heteroatoms. The van der Waals surface area contributed by atoms with Gasteiger partial charge in [0.25, 0.3) is 5.37 Å². The number of para-hydroxylation sites is 1. The van der Waals surface area contributed by atoms with Crippen LogP contribution in [0, 0.1) is 11.4 Å². The summed E-state index contributed by atoms with van der Waals surface area (Å²) in [6.07, 6.45) is 3.69. The number of pyridine rings is 1. The van der Waals surface area contributed by atoms with Gasteiger partial charge in [0.15, 0.2) is 11.4 Å². The molecule has 1 aliphatic rings. The zero-order chi connectivity index (χ0) is 17.6. The van der Waals surface area contributed by atoms with Crippen LogP contribution in [0.3, 0.4) is 0 Å². The fourth-order valence-electron chi connectivity index (χ4n) is 2.60. The van der Waals surface area contributed by atoms with Gasteiger partial charge in [-0.3, -0.25) is 0 Å². The third-order valence-electron chi connectivity index (χ3n) is 3.93. The van der Waals surface area contributed by atoms with Crippen LogP contribution in [-0.4, -0.2) is 16.9 Å². The molecule has 0 unspecified atom stereocenters. The predicted octanol–water partition coefficient (Wildman–Crippen LogP) is 2.82. The lowest BCUT2D eigenvalue weighted by molar-refractivity contribution is -0.589. The minimum Gasteiger partial charge on any atom is -0.457 e. The van der Waals surface area contributed by atoms with Gasteiger partial charge in [-0.2, -0.15) is 0 Å². The van der Waals surface area contributed by atoms with Gasteiger partial charge >= 0.3 is 0 Å². The van der Waals surface area contributed by atoms with E-state index in [1.54, 1.807) is 17.5 Å². The van der Waals surface area contributed by atoms with E-state index in [9.17, 15) is 0 Å². The normalized spacial score (nSPS) is 13.8. The van der Waals surface area contributed by atoms with Gasteiger partial charge in [0.2, 0.25) is 0 Å². The highest BCUT2D eigenvalue weighted by Crippen LogP contribution is 2.22. The van der Waals surface area contributed by atoms with Gasteiger partial charge in [-0.25, -0.2) is 0 Å². The fraction of sp³-hybridized carbons (Fsp3) is 0.0476. The average Bonchev–Trinajstić information content (AvgIpc) is 3.18. The first-order valence-electron chi connectivity index (χ1n) is 8.41. The molecule has 4 rings (SSSR count). The first-order chi connectivity index (χ1) is 12.9. The van der Waals surface area contributed by atoms with E-state index in [1.165, 1.54) is 11.4 Å². The molecule has 0 saturated heterocycles. The van der Waals surface area contributed by atoms with Crippen LogP contribution in [0.25, 0.3) is 0 Å². The number of quaternary nitrogens is 1. The summed E-state index contributed by atoms with van der Waals surface area (Å²) < 4.78 is 5.82. The van der Waals surface area contributed by atoms with Gasteiger partial charge in [0.05, 0.1) is 5.37 Å². The molecule has 0 amide bonds. The first kappa shape index (κ1) is 16.6. The Morgan fingerprint density at radius 3 is 2.54 bits per heavy atom. The molecule has 0 saturated carbocycles. The van der Waals surface area contributed by atoms with E-state index < -0.39 is 0 Å². The van der Waals surface area contributed by atoms with Crippen LogP contribution >= 0.6 is 0 Å². The Bertz CT molecular complexity index is 853. The molecule has 0 aliphatic carbocycles. The quantitative estimate of drug-likeness (QED) is 0.403. The molecule has 1 aromatic heterocycles. The number of nitrogens with two attached hydrogens (primary N) is 1. The number of nitrogens with one attached hydrogen (secondary N) is 1. The van der Waals surface area contributed by atoms with E-state index in [1.807, 2.05) is 66.9 Å². The molecule has 0 spiro atoms. The number of rotatable bonds is 6. The highest BCUT2D eigenvalue weighted by atomic mass is 32.1. The second-order valence-electron chi connectivity index (χ2n) is 5.85. The van der Waals surface area contributed by atoms with Gasteiger partial charge in [-0.15, -0.1) is 6.07 Å². The third-order valence-corrected chi connectivity index (χ3v) is 4.96. The Kier molecular flexibility index (Phi) is 5.09. The summed E-state index contributed by atoms with van der Waals surface area (Å²) in [5.74, 6) is 1.67. The highest BCUT2D eigenvalue weighted by Gasteiger charge is 2.23. The maximum Gasteiger partial charge on any atom is 0.260 e. The maximum absolute atomic E-state index is 5.82. The Labute approximate surface area is 157 Å². The van der Waals surface area contributed by atoms with Crippen molar-refractivity contribution in [3.8, 4) is 11.5 Å². The minimum atomic E-state index is 0.787. The maximum atomic E-state index is 5.82. The molecule has 2 aromatic carbocycles. The van der Waals surface area contributed by atoms with Crippen molar-refractivity contribution in [1.29, 1.82) is 0 Å². The van der Waals surface area contributed by atoms with Gasteiger partial charge in [-0.05, 0) is 55.2 Å². The fourth-order valence-corrected chi connectivity index (χ4v) is 3.50. The minimum absolute atomic E-state index is 0.787. The average molecular weight is 361 g/mol. The lowest BCUT2D eigenvalue weighted by Crippen LogP contribution is -2.85. The molecule has 26 heavy (non-hydrogen) atoms. The van der Waals surface area contributed by atoms with E-state index in [2.05, 4.69) is 27.1 Å². The van der Waals surface area contributed by atoms with Gasteiger partial charge in [0, 0.05) is 5.69 Å². The zero-order valence-electron chi connectivity index (χ0n) is 14.1. The second-order valence-corrected chi connectivity index (χ2v) is 6.77. The smallest absolute Gasteiger partial charge is 0.260 e. The van der Waals surface area contributed by atoms with E-state index in [-0.39, 0.29) is 0 Å². The zero-order valence-corrected chi connectivity index (χ0v) is 14.9. The van der Waals surface area contributed by atoms with Crippen molar-refractivity contribution in [3.63, 3.8) is 0 Å². The van der Waals surface area contributed by atoms with Crippen molar-refractivity contribution in [1.82, 2.24) is 4.98 Å². The Balaban J connectivity index is 1.28. The van der Waals surface area contributed by atoms with Gasteiger partial charge in [0.1, 0.15) is 11.5 Å². The molecule has 0 bridgehead atoms. The SMILES string of the molecule is C1=[S+][C-](c2cccnc2)[NH2+][C-]1CNc1ccc(Oc2ccccc2)cc1. The van der Waals surface area contributed by atoms with Crippen molar-refractivity contribution in [2.24, 2.45) is 0 Å². The van der Waals surface area contributed by atoms with Crippen molar-refractivity contribution < 1.29 is 10.1 Å². The van der Waals surface area contributed by atoms with Crippen LogP contribution < -0.4 is 15.4 Å². The number of aromatic nitrogens is 1. The van der Waals surface area contributed by atoms with Gasteiger partial charge < -0.3 is 20.4 Å². The lowest BCUT2D eigenvalue weighted by atomic mass is 10.2. The molecule has 2 heterocycles. The molecule has 0 atom stereocenters. The summed E-state index contributed by atoms with van der Waals surface area (Å²) in [5, 5.41) is 9.08. The molecule has 130 valence electrons. The van der Waals surface area contributed by atoms with Crippen LogP contribution in [0.1, 0.15) is 5.56 Å². The van der Waals surface area contributed by atoms with E-state index >= 15 is 0 Å². The number of benzene rings is 2. The summed E-state index contributed by atoms with van der Waals surface area (Å²) >= 11 is 1.74. The van der Waals surface area contributed by atoms with Crippen LogP contribution in [-0.2, 0) is 11.4 Å². The monoisotopic (exact) mass is 361 g/mol. The molecule has 3 aromatic rings. The molecule has 3 N–H and O–H groups in total. The lowest BCUT2D eigenvalue weighted by Gasteiger charge is -2.19. The summed E-state index contributed by atoms with van der Waals surface area (Å²) in [6.45, 7) is 0.787. The molecular weight excluding hydrogens is 342 g/mol. The molecule has 0 fully saturated rings. The Morgan fingerprint density at radius 2 is 1.77 bits per heavy atom. The van der Waals surface area contributed by atoms with Crippen LogP contribution in [0.5, 0.6) is 11.5 Å². The van der Waals surface area contributed by atoms with Crippen LogP contribution in [0.2, 0.25) is 0 Å². The van der Waals surface area contributed by atoms with Gasteiger partial charge in [-0.1, -0.05) is 36.0 Å². The van der Waals surface area contributed by atoms with Crippen molar-refractivity contribution in [3.05, 3.63) is 96.1 Å². The summed E-state index contributed by atoms with van der Waals surface area (Å²) in [5.41, 5.74) is 2.23. The van der Waals surface area contributed by atoms with Crippen molar-refractivity contribution in [2.75, 3.05) is 11.9 Å². The molecule has 4 nitrogen and oxygen atoms in total. The van der Waals surface area contributed by atoms with E-state index in [0.29, 0.717) is 0 Å². The van der Waals surface area contributed by atoms with Crippen molar-refractivity contribution in [2.45, 2.75) is 0 Å². The molecular formula is C21H19N3OS. The number of ether oxygens (including phenoxy) is 1. The molecule has 1 aliphatic heterocycles. The highest BCUT2D eigenvalue weighted by molar-refractivity contribution is 7.80. The second kappa shape index (κ2) is 7.99. The topological polar surface area (TPSA) is 50.8 Å². The Morgan fingerprint density at radius 1 is 0.962 bits per heavy atom. The van der Waals surface area contributed by atoms with Crippen LogP contribution in [0.15, 0.2) is 79.1 Å². The Hall–Kier alpha value is -2.89. The van der Waals surface area contributed by atoms with Crippen molar-refractivity contribution >= 4 is 22.4 Å². The third kappa shape index (κ3) is 4.20. The van der Waals surface area contributed by atoms with E-state index in [4.69, 9.17) is 4.74 Å². The number of hydrogen-bond donors (Lipinski definition) is 2. The van der Waals surface area contributed by atoms with Crippen LogP contribution in [0.4, 0.5) is 5.69 Å². The summed E-state index contributed by atoms with van der Waals surface area (Å²) in [7, 11) is 0. The predicted molar refractivity (Wildman–Crippen MR) is 107 cm³/mol. The standard InChI is InChI=1S/C21H19N3OS/c1-2-6-19(7-3-1)25-20-10-8-17(9-11-20)23-14-18-15-26-21(24-18)16-5-4-12-22-13-16/h1-13,15,23H,14,24H2.